The van der Waals surface area contributed by atoms with Crippen molar-refractivity contribution in [1.29, 1.82) is 0 Å². The molecule has 0 aromatic rings. The number of ether oxygens (including phenoxy) is 2. The molecular formula is C17H36O4Si3. The van der Waals surface area contributed by atoms with Crippen molar-refractivity contribution in [2.45, 2.75) is 91.0 Å². The highest BCUT2D eigenvalue weighted by atomic mass is 29.6. The molecule has 0 N–H and O–H groups in total. The number of hydrogen-bond acceptors (Lipinski definition) is 4. The maximum Gasteiger partial charge on any atom is 0.335 e. The minimum absolute atomic E-state index is 0.0263. The molecule has 0 bridgehead atoms. The molecule has 0 spiro atoms. The van der Waals surface area contributed by atoms with Crippen LogP contribution in [0.25, 0.3) is 0 Å². The lowest BCUT2D eigenvalue weighted by molar-refractivity contribution is -0.189. The van der Waals surface area contributed by atoms with Crippen molar-refractivity contribution in [3.63, 3.8) is 0 Å². The van der Waals surface area contributed by atoms with E-state index in [4.69, 9.17) is 13.9 Å². The summed E-state index contributed by atoms with van der Waals surface area (Å²) < 4.78 is 18.0. The molecule has 1 aliphatic heterocycles. The highest BCUT2D eigenvalue weighted by molar-refractivity contribution is 7.67. The van der Waals surface area contributed by atoms with Crippen molar-refractivity contribution in [2.75, 3.05) is 0 Å². The average molecular weight is 389 g/mol. The van der Waals surface area contributed by atoms with Crippen LogP contribution < -0.4 is 0 Å². The van der Waals surface area contributed by atoms with Crippen LogP contribution in [0, 0.1) is 0 Å². The second-order valence-corrected chi connectivity index (χ2v) is 36.1. The third-order valence-electron chi connectivity index (χ3n) is 6.16. The Morgan fingerprint density at radius 2 is 1.79 bits per heavy atom. The van der Waals surface area contributed by atoms with Crippen molar-refractivity contribution in [3.8, 4) is 0 Å². The second-order valence-electron chi connectivity index (χ2n) is 8.72. The standard InChI is InChI=1S/C17H36O4Si3/c1-11-15(19-14(4)20-17(18)13(2)3)16-12-22(5,6)24(9,10)23(7,8)21-16/h14-16H,2,11-12H2,1,3-10H3. The molecule has 0 amide bonds. The van der Waals surface area contributed by atoms with E-state index in [2.05, 4.69) is 52.8 Å². The smallest absolute Gasteiger partial charge is 0.335 e. The van der Waals surface area contributed by atoms with Gasteiger partial charge in [0, 0.05) is 13.2 Å². The number of hydrogen-bond donors (Lipinski definition) is 0. The van der Waals surface area contributed by atoms with E-state index in [1.807, 2.05) is 0 Å². The van der Waals surface area contributed by atoms with Gasteiger partial charge in [-0.1, -0.05) is 39.7 Å². The van der Waals surface area contributed by atoms with E-state index in [0.29, 0.717) is 5.57 Å². The quantitative estimate of drug-likeness (QED) is 0.292. The maximum atomic E-state index is 11.7. The molecule has 4 nitrogen and oxygen atoms in total. The van der Waals surface area contributed by atoms with Crippen LogP contribution >= 0.6 is 0 Å². The van der Waals surface area contributed by atoms with Crippen molar-refractivity contribution in [1.82, 2.24) is 0 Å². The van der Waals surface area contributed by atoms with Crippen LogP contribution in [0.2, 0.25) is 45.3 Å². The van der Waals surface area contributed by atoms with Crippen molar-refractivity contribution in [3.05, 3.63) is 12.2 Å². The molecule has 3 unspecified atom stereocenters. The monoisotopic (exact) mass is 388 g/mol. The maximum absolute atomic E-state index is 11.7. The van der Waals surface area contributed by atoms with E-state index in [-0.39, 0.29) is 12.2 Å². The van der Waals surface area contributed by atoms with E-state index in [9.17, 15) is 4.79 Å². The molecule has 7 heteroatoms. The largest absolute Gasteiger partial charge is 0.433 e. The molecule has 1 saturated heterocycles. The summed E-state index contributed by atoms with van der Waals surface area (Å²) in [5.74, 6) is -0.403. The molecule has 0 aromatic heterocycles. The topological polar surface area (TPSA) is 44.8 Å². The Labute approximate surface area is 150 Å². The first-order valence-electron chi connectivity index (χ1n) is 8.95. The summed E-state index contributed by atoms with van der Waals surface area (Å²) in [7, 11) is -4.34. The Kier molecular flexibility index (Phi) is 6.88. The lowest BCUT2D eigenvalue weighted by Crippen LogP contribution is -2.77. The van der Waals surface area contributed by atoms with Crippen LogP contribution in [-0.4, -0.2) is 47.0 Å². The van der Waals surface area contributed by atoms with Crippen LogP contribution in [0.4, 0.5) is 0 Å². The van der Waals surface area contributed by atoms with Crippen molar-refractivity contribution < 1.29 is 18.7 Å². The van der Waals surface area contributed by atoms with Crippen LogP contribution in [0.5, 0.6) is 0 Å². The molecule has 1 aliphatic rings. The first-order valence-corrected chi connectivity index (χ1v) is 20.1. The summed E-state index contributed by atoms with van der Waals surface area (Å²) in [5, 5.41) is 0. The zero-order valence-corrected chi connectivity index (χ0v) is 20.0. The number of rotatable bonds is 6. The van der Waals surface area contributed by atoms with Gasteiger partial charge in [0.15, 0.2) is 7.83 Å². The molecule has 24 heavy (non-hydrogen) atoms. The molecule has 3 atom stereocenters. The minimum atomic E-state index is -1.70. The molecular weight excluding hydrogens is 352 g/mol. The summed E-state index contributed by atoms with van der Waals surface area (Å²) in [4.78, 5) is 11.7. The Morgan fingerprint density at radius 1 is 1.25 bits per heavy atom. The van der Waals surface area contributed by atoms with E-state index < -0.39 is 34.8 Å². The minimum Gasteiger partial charge on any atom is -0.433 e. The molecule has 0 aliphatic carbocycles. The molecule has 1 rings (SSSR count). The van der Waals surface area contributed by atoms with Gasteiger partial charge in [-0.15, -0.1) is 0 Å². The van der Waals surface area contributed by atoms with E-state index in [0.717, 1.165) is 12.5 Å². The average Bonchev–Trinajstić information content (AvgIpc) is 2.41. The molecule has 140 valence electrons. The fraction of sp³-hybridized carbons (Fsp3) is 0.824. The lowest BCUT2D eigenvalue weighted by Gasteiger charge is -2.55. The lowest BCUT2D eigenvalue weighted by atomic mass is 10.2. The first kappa shape index (κ1) is 21.8. The number of carbonyl (C=O) groups is 1. The summed E-state index contributed by atoms with van der Waals surface area (Å²) in [6, 6.07) is 1.14. The SMILES string of the molecule is C=C(C)C(=O)OC(C)OC(CC)C1C[Si](C)(C)[Si](C)(C)[Si](C)(C)O1. The second kappa shape index (κ2) is 7.57. The van der Waals surface area contributed by atoms with Crippen molar-refractivity contribution >= 4 is 28.5 Å². The molecule has 1 heterocycles. The van der Waals surface area contributed by atoms with Crippen LogP contribution in [0.15, 0.2) is 12.2 Å². The van der Waals surface area contributed by atoms with E-state index in [1.165, 1.54) is 0 Å². The zero-order chi connectivity index (χ0) is 18.9. The predicted octanol–water partition coefficient (Wildman–Crippen LogP) is 4.42. The third kappa shape index (κ3) is 4.49. The van der Waals surface area contributed by atoms with Crippen LogP contribution in [0.1, 0.15) is 27.2 Å². The van der Waals surface area contributed by atoms with E-state index >= 15 is 0 Å². The highest BCUT2D eigenvalue weighted by Gasteiger charge is 2.59. The van der Waals surface area contributed by atoms with Crippen molar-refractivity contribution in [2.24, 2.45) is 0 Å². The molecule has 0 saturated carbocycles. The van der Waals surface area contributed by atoms with Crippen LogP contribution in [0.3, 0.4) is 0 Å². The summed E-state index contributed by atoms with van der Waals surface area (Å²) in [5.41, 5.74) is 0.391. The number of esters is 1. The highest BCUT2D eigenvalue weighted by Crippen LogP contribution is 2.41. The normalized spacial score (nSPS) is 27.1. The zero-order valence-electron chi connectivity index (χ0n) is 17.0. The Bertz CT molecular complexity index is 468. The molecule has 1 fully saturated rings. The van der Waals surface area contributed by atoms with Gasteiger partial charge in [0.25, 0.3) is 0 Å². The van der Waals surface area contributed by atoms with Crippen LogP contribution in [-0.2, 0) is 18.7 Å². The van der Waals surface area contributed by atoms with Gasteiger partial charge in [-0.3, -0.25) is 0 Å². The van der Waals surface area contributed by atoms with Gasteiger partial charge in [-0.2, -0.15) is 0 Å². The summed E-state index contributed by atoms with van der Waals surface area (Å²) in [6.45, 7) is 24.0. The van der Waals surface area contributed by atoms with Gasteiger partial charge >= 0.3 is 5.97 Å². The van der Waals surface area contributed by atoms with Gasteiger partial charge in [0.05, 0.1) is 19.3 Å². The van der Waals surface area contributed by atoms with Gasteiger partial charge < -0.3 is 13.9 Å². The summed E-state index contributed by atoms with van der Waals surface area (Å²) in [6.07, 6.45) is 0.382. The Balaban J connectivity index is 2.86. The third-order valence-corrected chi connectivity index (χ3v) is 46.5. The van der Waals surface area contributed by atoms with Gasteiger partial charge in [-0.05, 0) is 39.4 Å². The predicted molar refractivity (Wildman–Crippen MR) is 108 cm³/mol. The first-order chi connectivity index (χ1) is 10.7. The van der Waals surface area contributed by atoms with Gasteiger partial charge in [0.2, 0.25) is 6.29 Å². The fourth-order valence-electron chi connectivity index (χ4n) is 3.32. The Hall–Kier alpha value is -0.219. The number of carbonyl (C=O) groups excluding carboxylic acids is 1. The van der Waals surface area contributed by atoms with Gasteiger partial charge in [-0.25, -0.2) is 4.79 Å². The van der Waals surface area contributed by atoms with Gasteiger partial charge in [0.1, 0.15) is 0 Å². The molecule has 0 radical (unpaired) electrons. The molecule has 0 aromatic carbocycles. The summed E-state index contributed by atoms with van der Waals surface area (Å²) >= 11 is 0. The Morgan fingerprint density at radius 3 is 2.21 bits per heavy atom. The van der Waals surface area contributed by atoms with E-state index in [1.54, 1.807) is 13.8 Å². The fourth-order valence-corrected chi connectivity index (χ4v) is 32.7.